The van der Waals surface area contributed by atoms with E-state index in [4.69, 9.17) is 9.47 Å². The van der Waals surface area contributed by atoms with Crippen molar-refractivity contribution in [3.63, 3.8) is 0 Å². The lowest BCUT2D eigenvalue weighted by molar-refractivity contribution is -0.184. The third kappa shape index (κ3) is 19.2. The monoisotopic (exact) mass is 519 g/mol. The second-order valence-corrected chi connectivity index (χ2v) is 11.8. The molecule has 1 aliphatic rings. The molecular formula is C35H66O2. The zero-order valence-electron chi connectivity index (χ0n) is 25.8. The highest BCUT2D eigenvalue weighted by molar-refractivity contribution is 4.92. The Hall–Kier alpha value is -0.600. The van der Waals surface area contributed by atoms with Gasteiger partial charge in [0.1, 0.15) is 0 Å². The molecule has 218 valence electrons. The average Bonchev–Trinajstić information content (AvgIpc) is 3.18. The van der Waals surface area contributed by atoms with E-state index in [0.717, 1.165) is 19.3 Å². The van der Waals surface area contributed by atoms with Gasteiger partial charge in [0.25, 0.3) is 0 Å². The van der Waals surface area contributed by atoms with Crippen LogP contribution in [0.15, 0.2) is 24.3 Å². The maximum Gasteiger partial charge on any atom is 0.169 e. The molecule has 1 saturated heterocycles. The summed E-state index contributed by atoms with van der Waals surface area (Å²) in [4.78, 5) is 0. The van der Waals surface area contributed by atoms with Crippen LogP contribution in [0.4, 0.5) is 0 Å². The van der Waals surface area contributed by atoms with Crippen LogP contribution in [-0.4, -0.2) is 18.0 Å². The van der Waals surface area contributed by atoms with Crippen LogP contribution in [0.2, 0.25) is 0 Å². The maximum atomic E-state index is 6.43. The van der Waals surface area contributed by atoms with Crippen molar-refractivity contribution in [2.75, 3.05) is 0 Å². The van der Waals surface area contributed by atoms with Gasteiger partial charge in [-0.1, -0.05) is 134 Å². The second-order valence-electron chi connectivity index (χ2n) is 11.8. The summed E-state index contributed by atoms with van der Waals surface area (Å²) < 4.78 is 12.9. The highest BCUT2D eigenvalue weighted by atomic mass is 16.8. The lowest BCUT2D eigenvalue weighted by Gasteiger charge is -2.28. The molecule has 0 N–H and O–H groups in total. The van der Waals surface area contributed by atoms with E-state index in [-0.39, 0.29) is 18.0 Å². The summed E-state index contributed by atoms with van der Waals surface area (Å²) >= 11 is 0. The summed E-state index contributed by atoms with van der Waals surface area (Å²) in [6.07, 6.45) is 41.4. The summed E-state index contributed by atoms with van der Waals surface area (Å²) in [6.45, 7) is 8.93. The number of rotatable bonds is 26. The highest BCUT2D eigenvalue weighted by Crippen LogP contribution is 2.37. The maximum absolute atomic E-state index is 6.43. The number of hydrogen-bond donors (Lipinski definition) is 0. The molecule has 0 aromatic carbocycles. The molecule has 0 amide bonds. The van der Waals surface area contributed by atoms with Gasteiger partial charge in [-0.2, -0.15) is 0 Å². The van der Waals surface area contributed by atoms with E-state index in [0.29, 0.717) is 0 Å². The molecule has 2 unspecified atom stereocenters. The third-order valence-electron chi connectivity index (χ3n) is 8.13. The molecule has 2 atom stereocenters. The van der Waals surface area contributed by atoms with Crippen LogP contribution in [-0.2, 0) is 9.47 Å². The SMILES string of the molecule is CCCCC/C=C\C/C=C\CCCCCCCCC1(CCCCCCCCCCCC)OC(C)C(C)O1. The largest absolute Gasteiger partial charge is 0.344 e. The Labute approximate surface area is 233 Å². The molecular weight excluding hydrogens is 452 g/mol. The standard InChI is InChI=1S/C35H66O2/c1-5-7-9-11-13-15-17-18-19-20-21-22-24-26-28-30-32-35(36-33(3)34(4)37-35)31-29-27-25-23-16-14-12-10-8-6-2/h13,15,18-19,33-34H,5-12,14,16-17,20-32H2,1-4H3/b15-13-,19-18-. The smallest absolute Gasteiger partial charge is 0.169 e. The van der Waals surface area contributed by atoms with Gasteiger partial charge in [-0.15, -0.1) is 0 Å². The summed E-state index contributed by atoms with van der Waals surface area (Å²) in [5.41, 5.74) is 0. The molecule has 0 spiro atoms. The van der Waals surface area contributed by atoms with Crippen LogP contribution in [0.1, 0.15) is 182 Å². The van der Waals surface area contributed by atoms with Gasteiger partial charge in [0.15, 0.2) is 5.79 Å². The van der Waals surface area contributed by atoms with Gasteiger partial charge in [0.2, 0.25) is 0 Å². The molecule has 2 nitrogen and oxygen atoms in total. The van der Waals surface area contributed by atoms with Crippen LogP contribution in [0.25, 0.3) is 0 Å². The molecule has 0 bridgehead atoms. The van der Waals surface area contributed by atoms with Crippen molar-refractivity contribution in [1.29, 1.82) is 0 Å². The van der Waals surface area contributed by atoms with Crippen LogP contribution < -0.4 is 0 Å². The fourth-order valence-corrected chi connectivity index (χ4v) is 5.52. The van der Waals surface area contributed by atoms with Gasteiger partial charge in [-0.3, -0.25) is 0 Å². The third-order valence-corrected chi connectivity index (χ3v) is 8.13. The summed E-state index contributed by atoms with van der Waals surface area (Å²) in [6, 6.07) is 0. The summed E-state index contributed by atoms with van der Waals surface area (Å²) in [5, 5.41) is 0. The van der Waals surface area contributed by atoms with E-state index in [2.05, 4.69) is 52.0 Å². The molecule has 1 heterocycles. The zero-order chi connectivity index (χ0) is 26.9. The molecule has 0 aliphatic carbocycles. The molecule has 1 aliphatic heterocycles. The first-order chi connectivity index (χ1) is 18.1. The second kappa shape index (κ2) is 24.4. The van der Waals surface area contributed by atoms with Crippen molar-refractivity contribution in [3.8, 4) is 0 Å². The van der Waals surface area contributed by atoms with Crippen LogP contribution >= 0.6 is 0 Å². The zero-order valence-corrected chi connectivity index (χ0v) is 25.8. The Morgan fingerprint density at radius 1 is 0.459 bits per heavy atom. The molecule has 2 heteroatoms. The molecule has 0 radical (unpaired) electrons. The Kier molecular flexibility index (Phi) is 22.7. The average molecular weight is 519 g/mol. The van der Waals surface area contributed by atoms with E-state index in [1.165, 1.54) is 135 Å². The van der Waals surface area contributed by atoms with Crippen molar-refractivity contribution in [3.05, 3.63) is 24.3 Å². The normalized spacial score (nSPS) is 22.2. The van der Waals surface area contributed by atoms with E-state index in [9.17, 15) is 0 Å². The van der Waals surface area contributed by atoms with Crippen LogP contribution in [0.5, 0.6) is 0 Å². The Bertz CT molecular complexity index is 527. The number of allylic oxidation sites excluding steroid dienone is 4. The lowest BCUT2D eigenvalue weighted by Crippen LogP contribution is -2.31. The first kappa shape index (κ1) is 34.4. The van der Waals surface area contributed by atoms with Gasteiger partial charge in [0.05, 0.1) is 12.2 Å². The van der Waals surface area contributed by atoms with Crippen molar-refractivity contribution in [2.24, 2.45) is 0 Å². The summed E-state index contributed by atoms with van der Waals surface area (Å²) in [5.74, 6) is -0.297. The number of unbranched alkanes of at least 4 members (excludes halogenated alkanes) is 18. The quantitative estimate of drug-likeness (QED) is 0.0837. The molecule has 0 aromatic heterocycles. The van der Waals surface area contributed by atoms with Gasteiger partial charge in [0, 0.05) is 12.8 Å². The topological polar surface area (TPSA) is 18.5 Å². The summed E-state index contributed by atoms with van der Waals surface area (Å²) in [7, 11) is 0. The van der Waals surface area contributed by atoms with Crippen LogP contribution in [0.3, 0.4) is 0 Å². The molecule has 1 rings (SSSR count). The fraction of sp³-hybridized carbons (Fsp3) is 0.886. The van der Waals surface area contributed by atoms with E-state index >= 15 is 0 Å². The molecule has 37 heavy (non-hydrogen) atoms. The first-order valence-corrected chi connectivity index (χ1v) is 16.8. The fourth-order valence-electron chi connectivity index (χ4n) is 5.52. The van der Waals surface area contributed by atoms with Gasteiger partial charge >= 0.3 is 0 Å². The lowest BCUT2D eigenvalue weighted by atomic mass is 9.98. The Balaban J connectivity index is 2.06. The van der Waals surface area contributed by atoms with Gasteiger partial charge in [-0.25, -0.2) is 0 Å². The van der Waals surface area contributed by atoms with E-state index in [1.807, 2.05) is 0 Å². The van der Waals surface area contributed by atoms with E-state index < -0.39 is 0 Å². The predicted molar refractivity (Wildman–Crippen MR) is 164 cm³/mol. The van der Waals surface area contributed by atoms with Gasteiger partial charge in [-0.05, 0) is 58.8 Å². The van der Waals surface area contributed by atoms with Crippen molar-refractivity contribution < 1.29 is 9.47 Å². The molecule has 0 saturated carbocycles. The minimum atomic E-state index is -0.297. The van der Waals surface area contributed by atoms with E-state index in [1.54, 1.807) is 0 Å². The first-order valence-electron chi connectivity index (χ1n) is 16.8. The number of hydrogen-bond acceptors (Lipinski definition) is 2. The minimum Gasteiger partial charge on any atom is -0.344 e. The van der Waals surface area contributed by atoms with Gasteiger partial charge < -0.3 is 9.47 Å². The molecule has 1 fully saturated rings. The molecule has 0 aromatic rings. The van der Waals surface area contributed by atoms with Crippen molar-refractivity contribution >= 4 is 0 Å². The Morgan fingerprint density at radius 3 is 1.27 bits per heavy atom. The van der Waals surface area contributed by atoms with Crippen molar-refractivity contribution in [1.82, 2.24) is 0 Å². The Morgan fingerprint density at radius 2 is 0.811 bits per heavy atom. The van der Waals surface area contributed by atoms with Crippen LogP contribution in [0, 0.1) is 0 Å². The highest BCUT2D eigenvalue weighted by Gasteiger charge is 2.42. The minimum absolute atomic E-state index is 0.229. The van der Waals surface area contributed by atoms with Crippen molar-refractivity contribution in [2.45, 2.75) is 200 Å². The predicted octanol–water partition coefficient (Wildman–Crippen LogP) is 12.0. The number of ether oxygens (including phenoxy) is 2.